The van der Waals surface area contributed by atoms with Gasteiger partial charge >= 0.3 is 0 Å². The molecule has 4 nitrogen and oxygen atoms in total. The third-order valence-corrected chi connectivity index (χ3v) is 3.73. The number of rotatable bonds is 3. The smallest absolute Gasteiger partial charge is 0.258 e. The van der Waals surface area contributed by atoms with E-state index in [0.29, 0.717) is 24.4 Å². The molecule has 1 heterocycles. The third-order valence-electron chi connectivity index (χ3n) is 3.73. The molecule has 0 atom stereocenters. The molecule has 2 aromatic rings. The van der Waals surface area contributed by atoms with Crippen LogP contribution in [0.15, 0.2) is 42.5 Å². The molecule has 2 aromatic carbocycles. The van der Waals surface area contributed by atoms with E-state index in [2.05, 4.69) is 0 Å². The zero-order chi connectivity index (χ0) is 14.8. The number of hydrogen-bond acceptors (Lipinski definition) is 3. The van der Waals surface area contributed by atoms with E-state index in [-0.39, 0.29) is 5.91 Å². The number of amides is 1. The molecule has 1 aliphatic heterocycles. The molecular formula is C17H18N2O2. The minimum absolute atomic E-state index is 0.0369. The lowest BCUT2D eigenvalue weighted by Crippen LogP contribution is -2.31. The van der Waals surface area contributed by atoms with Crippen molar-refractivity contribution in [3.05, 3.63) is 53.6 Å². The highest BCUT2D eigenvalue weighted by Crippen LogP contribution is 2.28. The summed E-state index contributed by atoms with van der Waals surface area (Å²) >= 11 is 0. The summed E-state index contributed by atoms with van der Waals surface area (Å²) in [5.41, 5.74) is 9.12. The van der Waals surface area contributed by atoms with Gasteiger partial charge in [0.05, 0.1) is 18.0 Å². The molecule has 0 spiro atoms. The summed E-state index contributed by atoms with van der Waals surface area (Å²) in [4.78, 5) is 14.5. The highest BCUT2D eigenvalue weighted by atomic mass is 16.5. The van der Waals surface area contributed by atoms with Gasteiger partial charge in [0.15, 0.2) is 0 Å². The lowest BCUT2D eigenvalue weighted by Gasteiger charge is -2.22. The molecule has 2 N–H and O–H groups in total. The summed E-state index contributed by atoms with van der Waals surface area (Å²) in [5, 5.41) is 0. The van der Waals surface area contributed by atoms with Crippen LogP contribution in [0.1, 0.15) is 22.8 Å². The fourth-order valence-electron chi connectivity index (χ4n) is 2.63. The van der Waals surface area contributed by atoms with Crippen molar-refractivity contribution in [1.82, 2.24) is 0 Å². The Morgan fingerprint density at radius 2 is 2.10 bits per heavy atom. The first kappa shape index (κ1) is 13.5. The third kappa shape index (κ3) is 2.44. The number of anilines is 2. The quantitative estimate of drug-likeness (QED) is 0.881. The zero-order valence-corrected chi connectivity index (χ0v) is 12.0. The van der Waals surface area contributed by atoms with E-state index in [0.717, 1.165) is 23.4 Å². The lowest BCUT2D eigenvalue weighted by atomic mass is 10.1. The van der Waals surface area contributed by atoms with Crippen LogP contribution in [-0.4, -0.2) is 19.1 Å². The molecule has 0 saturated carbocycles. The Morgan fingerprint density at radius 1 is 1.29 bits per heavy atom. The van der Waals surface area contributed by atoms with Crippen LogP contribution in [0.2, 0.25) is 0 Å². The molecule has 1 aliphatic rings. The molecule has 0 radical (unpaired) electrons. The molecule has 3 rings (SSSR count). The number of benzene rings is 2. The monoisotopic (exact) mass is 282 g/mol. The number of fused-ring (bicyclic) bond motifs is 1. The maximum atomic E-state index is 12.8. The van der Waals surface area contributed by atoms with Crippen molar-refractivity contribution in [2.24, 2.45) is 0 Å². The predicted octanol–water partition coefficient (Wildman–Crippen LogP) is 2.87. The number of carbonyl (C=O) groups is 1. The molecule has 0 aromatic heterocycles. The molecule has 108 valence electrons. The predicted molar refractivity (Wildman–Crippen MR) is 83.8 cm³/mol. The highest BCUT2D eigenvalue weighted by molar-refractivity contribution is 6.07. The fraction of sp³-hybridized carbons (Fsp3) is 0.235. The van der Waals surface area contributed by atoms with Crippen LogP contribution in [0.3, 0.4) is 0 Å². The van der Waals surface area contributed by atoms with E-state index >= 15 is 0 Å². The van der Waals surface area contributed by atoms with Crippen LogP contribution in [0.25, 0.3) is 0 Å². The molecule has 0 saturated heterocycles. The minimum atomic E-state index is -0.0369. The van der Waals surface area contributed by atoms with E-state index in [9.17, 15) is 4.79 Å². The van der Waals surface area contributed by atoms with Crippen LogP contribution >= 0.6 is 0 Å². The van der Waals surface area contributed by atoms with Crippen molar-refractivity contribution < 1.29 is 9.53 Å². The second-order valence-electron chi connectivity index (χ2n) is 5.03. The number of nitrogens with two attached hydrogens (primary N) is 1. The molecule has 0 unspecified atom stereocenters. The SMILES string of the molecule is CCN(C(=O)c1ccc2c(c1)CCO2)c1ccccc1N. The van der Waals surface area contributed by atoms with Crippen molar-refractivity contribution in [3.8, 4) is 5.75 Å². The second kappa shape index (κ2) is 5.48. The summed E-state index contributed by atoms with van der Waals surface area (Å²) in [7, 11) is 0. The van der Waals surface area contributed by atoms with Crippen molar-refractivity contribution >= 4 is 17.3 Å². The topological polar surface area (TPSA) is 55.6 Å². The van der Waals surface area contributed by atoms with Crippen molar-refractivity contribution in [2.75, 3.05) is 23.8 Å². The highest BCUT2D eigenvalue weighted by Gasteiger charge is 2.20. The van der Waals surface area contributed by atoms with Crippen LogP contribution in [0.4, 0.5) is 11.4 Å². The van der Waals surface area contributed by atoms with E-state index < -0.39 is 0 Å². The van der Waals surface area contributed by atoms with Gasteiger partial charge in [-0.05, 0) is 42.8 Å². The van der Waals surface area contributed by atoms with E-state index in [1.54, 1.807) is 4.90 Å². The Labute approximate surface area is 124 Å². The number of carbonyl (C=O) groups excluding carboxylic acids is 1. The van der Waals surface area contributed by atoms with Gasteiger partial charge in [-0.1, -0.05) is 12.1 Å². The number of hydrogen-bond donors (Lipinski definition) is 1. The van der Waals surface area contributed by atoms with Gasteiger partial charge in [0, 0.05) is 18.5 Å². The summed E-state index contributed by atoms with van der Waals surface area (Å²) < 4.78 is 5.48. The molecule has 21 heavy (non-hydrogen) atoms. The normalized spacial score (nSPS) is 12.6. The average Bonchev–Trinajstić information content (AvgIpc) is 2.97. The maximum absolute atomic E-state index is 12.8. The van der Waals surface area contributed by atoms with E-state index in [1.807, 2.05) is 49.4 Å². The van der Waals surface area contributed by atoms with Gasteiger partial charge in [-0.2, -0.15) is 0 Å². The van der Waals surface area contributed by atoms with Gasteiger partial charge < -0.3 is 15.4 Å². The van der Waals surface area contributed by atoms with Gasteiger partial charge in [0.2, 0.25) is 0 Å². The molecule has 0 fully saturated rings. The van der Waals surface area contributed by atoms with E-state index in [4.69, 9.17) is 10.5 Å². The number of ether oxygens (including phenoxy) is 1. The Bertz CT molecular complexity index is 682. The van der Waals surface area contributed by atoms with Crippen LogP contribution in [-0.2, 0) is 6.42 Å². The molecular weight excluding hydrogens is 264 g/mol. The van der Waals surface area contributed by atoms with Gasteiger partial charge in [-0.25, -0.2) is 0 Å². The first-order chi connectivity index (χ1) is 10.2. The standard InChI is InChI=1S/C17H18N2O2/c1-2-19(15-6-4-3-5-14(15)18)17(20)13-7-8-16-12(11-13)9-10-21-16/h3-8,11H,2,9-10,18H2,1H3. The van der Waals surface area contributed by atoms with Gasteiger partial charge in [-0.15, -0.1) is 0 Å². The summed E-state index contributed by atoms with van der Waals surface area (Å²) in [6, 6.07) is 13.0. The van der Waals surface area contributed by atoms with Crippen LogP contribution in [0, 0.1) is 0 Å². The molecule has 1 amide bonds. The van der Waals surface area contributed by atoms with Gasteiger partial charge in [0.1, 0.15) is 5.75 Å². The largest absolute Gasteiger partial charge is 0.493 e. The van der Waals surface area contributed by atoms with Crippen molar-refractivity contribution in [3.63, 3.8) is 0 Å². The van der Waals surface area contributed by atoms with Gasteiger partial charge in [-0.3, -0.25) is 4.79 Å². The summed E-state index contributed by atoms with van der Waals surface area (Å²) in [6.45, 7) is 3.21. The van der Waals surface area contributed by atoms with Crippen molar-refractivity contribution in [1.29, 1.82) is 0 Å². The fourth-order valence-corrected chi connectivity index (χ4v) is 2.63. The average molecular weight is 282 g/mol. The Hall–Kier alpha value is -2.49. The maximum Gasteiger partial charge on any atom is 0.258 e. The van der Waals surface area contributed by atoms with Gasteiger partial charge in [0.25, 0.3) is 5.91 Å². The summed E-state index contributed by atoms with van der Waals surface area (Å²) in [6.07, 6.45) is 0.857. The Balaban J connectivity index is 1.94. The number of nitrogens with zero attached hydrogens (tertiary/aromatic N) is 1. The first-order valence-corrected chi connectivity index (χ1v) is 7.13. The first-order valence-electron chi connectivity index (χ1n) is 7.13. The Kier molecular flexibility index (Phi) is 3.52. The Morgan fingerprint density at radius 3 is 2.86 bits per heavy atom. The molecule has 0 bridgehead atoms. The van der Waals surface area contributed by atoms with E-state index in [1.165, 1.54) is 0 Å². The zero-order valence-electron chi connectivity index (χ0n) is 12.0. The van der Waals surface area contributed by atoms with Crippen LogP contribution < -0.4 is 15.4 Å². The number of para-hydroxylation sites is 2. The number of nitrogen functional groups attached to an aromatic ring is 1. The minimum Gasteiger partial charge on any atom is -0.493 e. The van der Waals surface area contributed by atoms with Crippen LogP contribution in [0.5, 0.6) is 5.75 Å². The molecule has 0 aliphatic carbocycles. The second-order valence-corrected chi connectivity index (χ2v) is 5.03. The summed E-state index contributed by atoms with van der Waals surface area (Å²) in [5.74, 6) is 0.846. The lowest BCUT2D eigenvalue weighted by molar-refractivity contribution is 0.0988. The van der Waals surface area contributed by atoms with Crippen molar-refractivity contribution in [2.45, 2.75) is 13.3 Å². The molecule has 4 heteroatoms.